The zero-order valence-corrected chi connectivity index (χ0v) is 15.4. The van der Waals surface area contributed by atoms with Crippen molar-refractivity contribution in [2.24, 2.45) is 11.5 Å². The summed E-state index contributed by atoms with van der Waals surface area (Å²) >= 11 is 0. The number of unbranched alkanes of at least 4 members (excludes halogenated alkanes) is 2. The van der Waals surface area contributed by atoms with Crippen LogP contribution in [0.3, 0.4) is 0 Å². The first-order valence-electron chi connectivity index (χ1n) is 9.63. The molecular weight excluding hydrogens is 296 g/mol. The number of aromatic hydroxyl groups is 1. The summed E-state index contributed by atoms with van der Waals surface area (Å²) in [5, 5.41) is 10.7. The number of hydrogen-bond acceptors (Lipinski definition) is 3. The first-order chi connectivity index (χ1) is 11.6. The van der Waals surface area contributed by atoms with Gasteiger partial charge in [0.2, 0.25) is 0 Å². The van der Waals surface area contributed by atoms with Crippen molar-refractivity contribution in [3.8, 4) is 5.75 Å². The number of hydrogen-bond donors (Lipinski definition) is 3. The highest BCUT2D eigenvalue weighted by atomic mass is 16.3. The molecule has 0 spiro atoms. The normalized spacial score (nSPS) is 22.9. The first kappa shape index (κ1) is 19.0. The number of aryl methyl sites for hydroxylation is 2. The average Bonchev–Trinajstić information content (AvgIpc) is 2.58. The Labute approximate surface area is 147 Å². The quantitative estimate of drug-likeness (QED) is 0.698. The van der Waals surface area contributed by atoms with E-state index in [-0.39, 0.29) is 12.1 Å². The number of benzene rings is 1. The van der Waals surface area contributed by atoms with Gasteiger partial charge in [-0.2, -0.15) is 0 Å². The lowest BCUT2D eigenvalue weighted by Gasteiger charge is -2.28. The van der Waals surface area contributed by atoms with Crippen LogP contribution in [0.25, 0.3) is 6.08 Å². The summed E-state index contributed by atoms with van der Waals surface area (Å²) in [7, 11) is 0. The van der Waals surface area contributed by atoms with E-state index < -0.39 is 0 Å². The van der Waals surface area contributed by atoms with Gasteiger partial charge in [0.15, 0.2) is 0 Å². The molecule has 1 aromatic carbocycles. The molecule has 1 fully saturated rings. The molecule has 134 valence electrons. The van der Waals surface area contributed by atoms with Gasteiger partial charge in [-0.3, -0.25) is 0 Å². The predicted octanol–water partition coefficient (Wildman–Crippen LogP) is 4.30. The smallest absolute Gasteiger partial charge is 0.125 e. The van der Waals surface area contributed by atoms with Gasteiger partial charge in [-0.25, -0.2) is 0 Å². The van der Waals surface area contributed by atoms with Gasteiger partial charge in [-0.1, -0.05) is 44.4 Å². The summed E-state index contributed by atoms with van der Waals surface area (Å²) in [6.07, 6.45) is 11.8. The fourth-order valence-electron chi connectivity index (χ4n) is 3.51. The molecule has 3 heteroatoms. The van der Waals surface area contributed by atoms with Crippen LogP contribution in [-0.4, -0.2) is 17.2 Å². The van der Waals surface area contributed by atoms with Crippen LogP contribution in [0, 0.1) is 0 Å². The van der Waals surface area contributed by atoms with Gasteiger partial charge in [0, 0.05) is 17.6 Å². The maximum atomic E-state index is 10.7. The number of phenols is 1. The highest BCUT2D eigenvalue weighted by Gasteiger charge is 2.23. The van der Waals surface area contributed by atoms with Crippen molar-refractivity contribution in [1.29, 1.82) is 0 Å². The lowest BCUT2D eigenvalue weighted by molar-refractivity contribution is 0.460. The van der Waals surface area contributed by atoms with Crippen molar-refractivity contribution in [2.45, 2.75) is 83.7 Å². The van der Waals surface area contributed by atoms with Gasteiger partial charge in [0.1, 0.15) is 5.75 Å². The Morgan fingerprint density at radius 2 is 1.83 bits per heavy atom. The summed E-state index contributed by atoms with van der Waals surface area (Å²) in [5.41, 5.74) is 16.9. The highest BCUT2D eigenvalue weighted by Crippen LogP contribution is 2.31. The van der Waals surface area contributed by atoms with Crippen LogP contribution >= 0.6 is 0 Å². The molecule has 1 aliphatic carbocycles. The van der Waals surface area contributed by atoms with Gasteiger partial charge < -0.3 is 16.6 Å². The number of nitrogens with two attached hydrogens (primary N) is 2. The van der Waals surface area contributed by atoms with E-state index in [1.165, 1.54) is 24.0 Å². The molecule has 2 rings (SSSR count). The maximum absolute atomic E-state index is 10.7. The molecule has 5 N–H and O–H groups in total. The van der Waals surface area contributed by atoms with E-state index in [4.69, 9.17) is 11.5 Å². The van der Waals surface area contributed by atoms with Crippen LogP contribution in [-0.2, 0) is 12.8 Å². The molecule has 24 heavy (non-hydrogen) atoms. The molecule has 1 aromatic rings. The molecule has 1 saturated carbocycles. The molecule has 0 aliphatic heterocycles. The Morgan fingerprint density at radius 1 is 1.12 bits per heavy atom. The summed E-state index contributed by atoms with van der Waals surface area (Å²) in [6, 6.07) is 4.28. The Kier molecular flexibility index (Phi) is 7.32. The van der Waals surface area contributed by atoms with E-state index in [1.807, 2.05) is 0 Å². The van der Waals surface area contributed by atoms with E-state index in [1.54, 1.807) is 0 Å². The monoisotopic (exact) mass is 330 g/mol. The minimum absolute atomic E-state index is 0.0370. The molecule has 0 saturated heterocycles. The SMILES string of the molecule is CCCCc1cc(C=C2CCCC(N)C2N)c(O)c(CCCC)c1. The second-order valence-corrected chi connectivity index (χ2v) is 7.20. The highest BCUT2D eigenvalue weighted by molar-refractivity contribution is 5.64. The molecule has 0 amide bonds. The standard InChI is InChI=1S/C21H34N2O/c1-3-5-8-15-12-17(9-6-4-2)21(24)18(13-15)14-16-10-7-11-19(22)20(16)23/h12-14,19-20,24H,3-11,22-23H2,1-2H3. The van der Waals surface area contributed by atoms with Crippen LogP contribution in [0.2, 0.25) is 0 Å². The lowest BCUT2D eigenvalue weighted by Crippen LogP contribution is -2.45. The van der Waals surface area contributed by atoms with E-state index in [2.05, 4.69) is 32.1 Å². The Balaban J connectivity index is 2.35. The zero-order chi connectivity index (χ0) is 17.5. The number of phenolic OH excluding ortho intramolecular Hbond substituents is 1. The van der Waals surface area contributed by atoms with Gasteiger partial charge in [0.05, 0.1) is 0 Å². The molecule has 3 nitrogen and oxygen atoms in total. The summed E-state index contributed by atoms with van der Waals surface area (Å²) < 4.78 is 0. The molecular formula is C21H34N2O. The Hall–Kier alpha value is -1.32. The Morgan fingerprint density at radius 3 is 2.54 bits per heavy atom. The third-order valence-corrected chi connectivity index (χ3v) is 5.13. The molecule has 2 unspecified atom stereocenters. The first-order valence-corrected chi connectivity index (χ1v) is 9.63. The van der Waals surface area contributed by atoms with Crippen LogP contribution in [0.5, 0.6) is 5.75 Å². The summed E-state index contributed by atoms with van der Waals surface area (Å²) in [5.74, 6) is 0.433. The van der Waals surface area contributed by atoms with Crippen LogP contribution < -0.4 is 11.5 Å². The predicted molar refractivity (Wildman–Crippen MR) is 103 cm³/mol. The molecule has 0 heterocycles. The van der Waals surface area contributed by atoms with Gasteiger partial charge in [-0.15, -0.1) is 0 Å². The Bertz CT molecular complexity index is 565. The van der Waals surface area contributed by atoms with Crippen LogP contribution in [0.15, 0.2) is 17.7 Å². The molecule has 2 atom stereocenters. The van der Waals surface area contributed by atoms with E-state index in [9.17, 15) is 5.11 Å². The molecule has 1 aliphatic rings. The minimum atomic E-state index is -0.0865. The fraction of sp³-hybridized carbons (Fsp3) is 0.619. The average molecular weight is 331 g/mol. The molecule has 0 bridgehead atoms. The van der Waals surface area contributed by atoms with Gasteiger partial charge >= 0.3 is 0 Å². The second kappa shape index (κ2) is 9.24. The lowest BCUT2D eigenvalue weighted by atomic mass is 9.85. The van der Waals surface area contributed by atoms with Crippen molar-refractivity contribution in [3.63, 3.8) is 0 Å². The van der Waals surface area contributed by atoms with Gasteiger partial charge in [0.25, 0.3) is 0 Å². The summed E-state index contributed by atoms with van der Waals surface area (Å²) in [4.78, 5) is 0. The van der Waals surface area contributed by atoms with Crippen LogP contribution in [0.4, 0.5) is 0 Å². The van der Waals surface area contributed by atoms with Crippen LogP contribution in [0.1, 0.15) is 75.5 Å². The summed E-state index contributed by atoms with van der Waals surface area (Å²) in [6.45, 7) is 4.40. The second-order valence-electron chi connectivity index (χ2n) is 7.20. The molecule has 0 aromatic heterocycles. The minimum Gasteiger partial charge on any atom is -0.507 e. The van der Waals surface area contributed by atoms with Gasteiger partial charge in [-0.05, 0) is 62.1 Å². The zero-order valence-electron chi connectivity index (χ0n) is 15.4. The van der Waals surface area contributed by atoms with Crippen molar-refractivity contribution in [2.75, 3.05) is 0 Å². The third-order valence-electron chi connectivity index (χ3n) is 5.13. The van der Waals surface area contributed by atoms with E-state index >= 15 is 0 Å². The van der Waals surface area contributed by atoms with Crippen molar-refractivity contribution < 1.29 is 5.11 Å². The van der Waals surface area contributed by atoms with E-state index in [0.717, 1.165) is 56.1 Å². The fourth-order valence-corrected chi connectivity index (χ4v) is 3.51. The largest absolute Gasteiger partial charge is 0.507 e. The van der Waals surface area contributed by atoms with Crippen molar-refractivity contribution in [3.05, 3.63) is 34.4 Å². The number of rotatable bonds is 7. The van der Waals surface area contributed by atoms with Crippen molar-refractivity contribution in [1.82, 2.24) is 0 Å². The third kappa shape index (κ3) is 4.84. The molecule has 0 radical (unpaired) electrons. The van der Waals surface area contributed by atoms with Crippen molar-refractivity contribution >= 4 is 6.08 Å². The maximum Gasteiger partial charge on any atom is 0.125 e. The topological polar surface area (TPSA) is 72.3 Å². The van der Waals surface area contributed by atoms with E-state index in [0.29, 0.717) is 5.75 Å².